The molecule has 0 fully saturated rings. The van der Waals surface area contributed by atoms with E-state index < -0.39 is 14.5 Å². The molecule has 0 spiro atoms. The summed E-state index contributed by atoms with van der Waals surface area (Å²) >= 11 is -5.88. The van der Waals surface area contributed by atoms with Crippen LogP contribution in [0, 0.1) is 0 Å². The van der Waals surface area contributed by atoms with Crippen molar-refractivity contribution < 1.29 is 33.1 Å². The standard InChI is InChI=1S/AsH3O4.Cu.H3N/c2-1(3,4)5;;/h(H3,2,3,4,5);;1H3/p-3. The maximum absolute atomic E-state index is 8.61. The predicted octanol–water partition coefficient (Wildman–Crippen LogP) is -3.91. The van der Waals surface area contributed by atoms with Crippen molar-refractivity contribution in [1.82, 2.24) is 6.15 Å². The van der Waals surface area contributed by atoms with Crippen LogP contribution in [-0.4, -0.2) is 14.5 Å². The quantitative estimate of drug-likeness (QED) is 0.417. The minimum Gasteiger partial charge on any atom is 0 e. The molecule has 0 heterocycles. The molecule has 0 aromatic heterocycles. The molecule has 0 aliphatic rings. The van der Waals surface area contributed by atoms with E-state index in [1.807, 2.05) is 0 Å². The van der Waals surface area contributed by atoms with Gasteiger partial charge in [-0.25, -0.2) is 0 Å². The summed E-state index contributed by atoms with van der Waals surface area (Å²) in [6.45, 7) is 0. The molecule has 3 N–H and O–H groups in total. The molecule has 7 heavy (non-hydrogen) atoms. The third-order valence-electron chi connectivity index (χ3n) is 0. The van der Waals surface area contributed by atoms with Crippen LogP contribution in [0.3, 0.4) is 0 Å². The van der Waals surface area contributed by atoms with E-state index in [4.69, 9.17) is 16.0 Å². The zero-order chi connectivity index (χ0) is 4.50. The largest absolute Gasteiger partial charge is 0 e. The fourth-order valence-corrected chi connectivity index (χ4v) is 0. The summed E-state index contributed by atoms with van der Waals surface area (Å²) < 4.78 is 34.4. The molecule has 0 rings (SSSR count). The molecule has 1 radical (unpaired) electrons. The smallest absolute Gasteiger partial charge is 0 e. The summed E-state index contributed by atoms with van der Waals surface area (Å²) in [5.74, 6) is 0. The van der Waals surface area contributed by atoms with Gasteiger partial charge >= 0.3 is 30.5 Å². The van der Waals surface area contributed by atoms with Crippen molar-refractivity contribution >= 4 is 14.5 Å². The van der Waals surface area contributed by atoms with Gasteiger partial charge in [-0.3, -0.25) is 0 Å². The Morgan fingerprint density at radius 2 is 1.14 bits per heavy atom. The predicted molar refractivity (Wildman–Crippen MR) is 11.5 cm³/mol. The van der Waals surface area contributed by atoms with Crippen LogP contribution in [0.4, 0.5) is 0 Å². The van der Waals surface area contributed by atoms with Gasteiger partial charge in [0.2, 0.25) is 0 Å². The molecule has 0 aromatic carbocycles. The Balaban J connectivity index is -0.0000000800. The molecular formula is H3AsCuNO4-3. The summed E-state index contributed by atoms with van der Waals surface area (Å²) in [5.41, 5.74) is 0. The van der Waals surface area contributed by atoms with E-state index in [-0.39, 0.29) is 23.2 Å². The molecule has 7 heteroatoms. The SMILES string of the molecule is N.O=[As]([O-])([O-])[O-].[Cu]. The first-order valence-electron chi connectivity index (χ1n) is 0.730. The van der Waals surface area contributed by atoms with Crippen molar-refractivity contribution in [2.24, 2.45) is 0 Å². The van der Waals surface area contributed by atoms with Gasteiger partial charge in [-0.05, 0) is 0 Å². The maximum Gasteiger partial charge on any atom is 0 e. The van der Waals surface area contributed by atoms with E-state index in [9.17, 15) is 0 Å². The molecule has 0 atom stereocenters. The van der Waals surface area contributed by atoms with E-state index in [1.165, 1.54) is 0 Å². The van der Waals surface area contributed by atoms with E-state index in [1.54, 1.807) is 0 Å². The molecule has 0 amide bonds. The third-order valence-corrected chi connectivity index (χ3v) is 0. The van der Waals surface area contributed by atoms with Gasteiger partial charge in [-0.15, -0.1) is 0 Å². The van der Waals surface area contributed by atoms with Crippen LogP contribution in [0.2, 0.25) is 0 Å². The van der Waals surface area contributed by atoms with Crippen molar-refractivity contribution in [2.75, 3.05) is 0 Å². The Morgan fingerprint density at radius 3 is 1.14 bits per heavy atom. The van der Waals surface area contributed by atoms with Gasteiger partial charge in [0.05, 0.1) is 0 Å². The van der Waals surface area contributed by atoms with Crippen LogP contribution in [0.15, 0.2) is 0 Å². The second-order valence-electron chi connectivity index (χ2n) is 0.447. The van der Waals surface area contributed by atoms with Gasteiger partial charge in [-0.2, -0.15) is 0 Å². The topological polar surface area (TPSA) is 121 Å². The van der Waals surface area contributed by atoms with Crippen molar-refractivity contribution in [2.45, 2.75) is 0 Å². The Kier molecular flexibility index (Phi) is 10.9. The minimum absolute atomic E-state index is 0. The summed E-state index contributed by atoms with van der Waals surface area (Å²) in [7, 11) is 0. The number of hydrogen-bond acceptors (Lipinski definition) is 5. The van der Waals surface area contributed by atoms with Crippen LogP contribution in [-0.2, 0) is 20.8 Å². The van der Waals surface area contributed by atoms with E-state index in [0.717, 1.165) is 0 Å². The van der Waals surface area contributed by atoms with Crippen LogP contribution in [0.5, 0.6) is 0 Å². The van der Waals surface area contributed by atoms with Gasteiger partial charge in [0, 0.05) is 17.1 Å². The first-order valence-corrected chi connectivity index (χ1v) is 3.79. The Morgan fingerprint density at radius 1 is 1.14 bits per heavy atom. The molecule has 0 unspecified atom stereocenters. The molecule has 51 valence electrons. The summed E-state index contributed by atoms with van der Waals surface area (Å²) in [4.78, 5) is 0. The maximum atomic E-state index is 8.61. The minimum atomic E-state index is -5.88. The fraction of sp³-hybridized carbons (Fsp3) is 0. The second-order valence-corrected chi connectivity index (χ2v) is 2.32. The normalized spacial score (nSPS) is 8.43. The first-order chi connectivity index (χ1) is 2.00. The van der Waals surface area contributed by atoms with E-state index in [2.05, 4.69) is 0 Å². The first kappa shape index (κ1) is 15.6. The second kappa shape index (κ2) is 4.87. The Hall–Kier alpha value is 0.718. The van der Waals surface area contributed by atoms with Crippen molar-refractivity contribution in [3.63, 3.8) is 0 Å². The Labute approximate surface area is 54.1 Å². The average molecular weight is 219 g/mol. The van der Waals surface area contributed by atoms with Crippen LogP contribution >= 0.6 is 0 Å². The van der Waals surface area contributed by atoms with Gasteiger partial charge in [0.25, 0.3) is 0 Å². The van der Waals surface area contributed by atoms with E-state index in [0.29, 0.717) is 0 Å². The van der Waals surface area contributed by atoms with E-state index >= 15 is 0 Å². The molecule has 0 aliphatic heterocycles. The summed E-state index contributed by atoms with van der Waals surface area (Å²) in [6.07, 6.45) is 0. The molecule has 0 aliphatic carbocycles. The van der Waals surface area contributed by atoms with Crippen molar-refractivity contribution in [3.8, 4) is 0 Å². The zero-order valence-corrected chi connectivity index (χ0v) is 5.91. The van der Waals surface area contributed by atoms with Crippen molar-refractivity contribution in [1.29, 1.82) is 0 Å². The molecule has 0 bridgehead atoms. The number of hydrogen-bond donors (Lipinski definition) is 1. The monoisotopic (exact) mass is 219 g/mol. The van der Waals surface area contributed by atoms with Gasteiger partial charge in [-0.1, -0.05) is 0 Å². The van der Waals surface area contributed by atoms with Gasteiger partial charge in [0.15, 0.2) is 0 Å². The van der Waals surface area contributed by atoms with Crippen LogP contribution < -0.4 is 18.4 Å². The van der Waals surface area contributed by atoms with Gasteiger partial charge < -0.3 is 6.15 Å². The third kappa shape index (κ3) is 290. The van der Waals surface area contributed by atoms with Gasteiger partial charge in [0.1, 0.15) is 0 Å². The Bertz CT molecular complexity index is 57.8. The van der Waals surface area contributed by atoms with Crippen molar-refractivity contribution in [3.05, 3.63) is 0 Å². The average Bonchev–Trinajstić information content (AvgIpc) is 0.722. The molecule has 0 aromatic rings. The molecular weight excluding hydrogens is 216 g/mol. The molecule has 5 nitrogen and oxygen atoms in total. The molecule has 0 saturated carbocycles. The summed E-state index contributed by atoms with van der Waals surface area (Å²) in [5, 5.41) is 0. The molecule has 0 saturated heterocycles. The van der Waals surface area contributed by atoms with Crippen LogP contribution in [0.25, 0.3) is 0 Å². The number of rotatable bonds is 0. The summed E-state index contributed by atoms with van der Waals surface area (Å²) in [6, 6.07) is 0. The fourth-order valence-electron chi connectivity index (χ4n) is 0. The zero-order valence-electron chi connectivity index (χ0n) is 3.09. The van der Waals surface area contributed by atoms with Crippen LogP contribution in [0.1, 0.15) is 0 Å².